The fourth-order valence-corrected chi connectivity index (χ4v) is 1.71. The lowest BCUT2D eigenvalue weighted by Crippen LogP contribution is -2.08. The number of anilines is 1. The Labute approximate surface area is 112 Å². The molecule has 2 aromatic rings. The zero-order valence-corrected chi connectivity index (χ0v) is 11.1. The van der Waals surface area contributed by atoms with Crippen LogP contribution in [0.3, 0.4) is 0 Å². The highest BCUT2D eigenvalue weighted by Crippen LogP contribution is 2.31. The van der Waals surface area contributed by atoms with E-state index in [0.29, 0.717) is 5.02 Å². The molecule has 0 amide bonds. The Morgan fingerprint density at radius 2 is 1.67 bits per heavy atom. The third kappa shape index (κ3) is 3.08. The van der Waals surface area contributed by atoms with Gasteiger partial charge in [-0.3, -0.25) is 0 Å². The van der Waals surface area contributed by atoms with E-state index >= 15 is 0 Å². The van der Waals surface area contributed by atoms with Gasteiger partial charge in [-0.1, -0.05) is 29.8 Å². The Balaban J connectivity index is 2.32. The van der Waals surface area contributed by atoms with Crippen molar-refractivity contribution in [3.8, 4) is 0 Å². The van der Waals surface area contributed by atoms with Gasteiger partial charge in [0.2, 0.25) is 0 Å². The maximum atomic E-state index is 5.98. The average molecular weight is 260 g/mol. The molecule has 0 aliphatic rings. The second kappa shape index (κ2) is 5.65. The van der Waals surface area contributed by atoms with Crippen molar-refractivity contribution in [3.63, 3.8) is 0 Å². The van der Waals surface area contributed by atoms with Crippen molar-refractivity contribution in [1.29, 1.82) is 0 Å². The van der Waals surface area contributed by atoms with Crippen molar-refractivity contribution in [2.45, 2.75) is 0 Å². The summed E-state index contributed by atoms with van der Waals surface area (Å²) in [6, 6.07) is 15.2. The summed E-state index contributed by atoms with van der Waals surface area (Å²) in [4.78, 5) is 1.96. The molecule has 2 aromatic carbocycles. The van der Waals surface area contributed by atoms with E-state index in [1.807, 2.05) is 67.5 Å². The molecule has 0 aromatic heterocycles. The van der Waals surface area contributed by atoms with Gasteiger partial charge in [0, 0.05) is 19.1 Å². The summed E-state index contributed by atoms with van der Waals surface area (Å²) in [5.41, 5.74) is 2.58. The Kier molecular flexibility index (Phi) is 3.95. The number of nitrogens with zero attached hydrogens (tertiary/aromatic N) is 3. The van der Waals surface area contributed by atoms with Gasteiger partial charge in [-0.05, 0) is 30.3 Å². The number of hydrogen-bond acceptors (Lipinski definition) is 3. The van der Waals surface area contributed by atoms with Crippen molar-refractivity contribution in [2.24, 2.45) is 10.2 Å². The number of hydrogen-bond donors (Lipinski definition) is 0. The predicted molar refractivity (Wildman–Crippen MR) is 76.4 cm³/mol. The number of rotatable bonds is 3. The van der Waals surface area contributed by atoms with Crippen molar-refractivity contribution in [1.82, 2.24) is 0 Å². The zero-order valence-electron chi connectivity index (χ0n) is 10.3. The van der Waals surface area contributed by atoms with E-state index in [1.54, 1.807) is 0 Å². The molecule has 0 saturated carbocycles. The summed E-state index contributed by atoms with van der Waals surface area (Å²) in [6.07, 6.45) is 0. The van der Waals surface area contributed by atoms with Crippen molar-refractivity contribution >= 4 is 28.7 Å². The fraction of sp³-hybridized carbons (Fsp3) is 0.143. The molecule has 0 fully saturated rings. The van der Waals surface area contributed by atoms with Crippen molar-refractivity contribution in [3.05, 3.63) is 53.6 Å². The quantitative estimate of drug-likeness (QED) is 0.726. The van der Waals surface area contributed by atoms with Crippen LogP contribution in [0.4, 0.5) is 17.1 Å². The lowest BCUT2D eigenvalue weighted by molar-refractivity contribution is 1.11. The van der Waals surface area contributed by atoms with Crippen LogP contribution in [-0.4, -0.2) is 14.1 Å². The predicted octanol–water partition coefficient (Wildman–Crippen LogP) is 4.82. The third-order valence-corrected chi connectivity index (χ3v) is 2.68. The average Bonchev–Trinajstić information content (AvgIpc) is 2.38. The first kappa shape index (κ1) is 12.6. The molecule has 92 valence electrons. The van der Waals surface area contributed by atoms with E-state index in [1.165, 1.54) is 0 Å². The summed E-state index contributed by atoms with van der Waals surface area (Å²) in [5.74, 6) is 0. The van der Waals surface area contributed by atoms with Crippen LogP contribution in [0, 0.1) is 0 Å². The van der Waals surface area contributed by atoms with Crippen LogP contribution in [0.15, 0.2) is 58.8 Å². The van der Waals surface area contributed by atoms with Gasteiger partial charge in [0.1, 0.15) is 5.69 Å². The molecule has 0 aliphatic heterocycles. The smallest absolute Gasteiger partial charge is 0.109 e. The summed E-state index contributed by atoms with van der Waals surface area (Å²) < 4.78 is 0. The van der Waals surface area contributed by atoms with Crippen molar-refractivity contribution < 1.29 is 0 Å². The van der Waals surface area contributed by atoms with Gasteiger partial charge >= 0.3 is 0 Å². The maximum Gasteiger partial charge on any atom is 0.109 e. The van der Waals surface area contributed by atoms with Gasteiger partial charge < -0.3 is 4.90 Å². The fourth-order valence-electron chi connectivity index (χ4n) is 1.55. The number of halogens is 1. The van der Waals surface area contributed by atoms with Gasteiger partial charge in [-0.15, -0.1) is 5.11 Å². The Morgan fingerprint density at radius 3 is 2.33 bits per heavy atom. The molecular weight excluding hydrogens is 246 g/mol. The number of benzene rings is 2. The van der Waals surface area contributed by atoms with Gasteiger partial charge in [0.15, 0.2) is 0 Å². The molecule has 0 bridgehead atoms. The first-order valence-corrected chi connectivity index (χ1v) is 5.98. The molecule has 3 nitrogen and oxygen atoms in total. The lowest BCUT2D eigenvalue weighted by Gasteiger charge is -2.14. The van der Waals surface area contributed by atoms with Crippen LogP contribution in [0.2, 0.25) is 5.02 Å². The normalized spacial score (nSPS) is 10.8. The van der Waals surface area contributed by atoms with E-state index in [9.17, 15) is 0 Å². The van der Waals surface area contributed by atoms with E-state index in [0.717, 1.165) is 17.1 Å². The standard InChI is InChI=1S/C14H14ClN3/c1-18(2)14-10-11(15)8-9-13(14)17-16-12-6-4-3-5-7-12/h3-10H,1-2H3. The number of azo groups is 1. The molecule has 0 N–H and O–H groups in total. The highest BCUT2D eigenvalue weighted by Gasteiger charge is 2.04. The van der Waals surface area contributed by atoms with Crippen LogP contribution in [0.5, 0.6) is 0 Å². The minimum Gasteiger partial charge on any atom is -0.376 e. The molecule has 18 heavy (non-hydrogen) atoms. The van der Waals surface area contributed by atoms with E-state index in [2.05, 4.69) is 10.2 Å². The Bertz CT molecular complexity index is 550. The highest BCUT2D eigenvalue weighted by molar-refractivity contribution is 6.31. The molecule has 0 spiro atoms. The van der Waals surface area contributed by atoms with Crippen LogP contribution < -0.4 is 4.90 Å². The van der Waals surface area contributed by atoms with Gasteiger partial charge in [-0.25, -0.2) is 0 Å². The second-order valence-electron chi connectivity index (χ2n) is 4.06. The molecule has 0 atom stereocenters. The van der Waals surface area contributed by atoms with E-state index < -0.39 is 0 Å². The molecule has 0 unspecified atom stereocenters. The minimum absolute atomic E-state index is 0.692. The molecule has 0 saturated heterocycles. The largest absolute Gasteiger partial charge is 0.376 e. The molecule has 4 heteroatoms. The first-order valence-electron chi connectivity index (χ1n) is 5.60. The second-order valence-corrected chi connectivity index (χ2v) is 4.50. The molecular formula is C14H14ClN3. The van der Waals surface area contributed by atoms with Gasteiger partial charge in [0.25, 0.3) is 0 Å². The Hall–Kier alpha value is -1.87. The van der Waals surface area contributed by atoms with Crippen LogP contribution in [-0.2, 0) is 0 Å². The van der Waals surface area contributed by atoms with Crippen LogP contribution in [0.1, 0.15) is 0 Å². The van der Waals surface area contributed by atoms with Crippen LogP contribution >= 0.6 is 11.6 Å². The molecule has 0 radical (unpaired) electrons. The molecule has 0 aliphatic carbocycles. The Morgan fingerprint density at radius 1 is 0.944 bits per heavy atom. The van der Waals surface area contributed by atoms with Crippen molar-refractivity contribution in [2.75, 3.05) is 19.0 Å². The lowest BCUT2D eigenvalue weighted by atomic mass is 10.2. The topological polar surface area (TPSA) is 28.0 Å². The monoisotopic (exact) mass is 259 g/mol. The SMILES string of the molecule is CN(C)c1cc(Cl)ccc1N=Nc1ccccc1. The third-order valence-electron chi connectivity index (χ3n) is 2.45. The summed E-state index contributed by atoms with van der Waals surface area (Å²) in [6.45, 7) is 0. The summed E-state index contributed by atoms with van der Waals surface area (Å²) in [7, 11) is 3.90. The molecule has 0 heterocycles. The maximum absolute atomic E-state index is 5.98. The summed E-state index contributed by atoms with van der Waals surface area (Å²) >= 11 is 5.98. The minimum atomic E-state index is 0.692. The van der Waals surface area contributed by atoms with E-state index in [4.69, 9.17) is 11.6 Å². The van der Waals surface area contributed by atoms with E-state index in [-0.39, 0.29) is 0 Å². The highest BCUT2D eigenvalue weighted by atomic mass is 35.5. The van der Waals surface area contributed by atoms with Crippen LogP contribution in [0.25, 0.3) is 0 Å². The first-order chi connectivity index (χ1) is 8.66. The molecule has 2 rings (SSSR count). The van der Waals surface area contributed by atoms with Gasteiger partial charge in [-0.2, -0.15) is 5.11 Å². The zero-order chi connectivity index (χ0) is 13.0. The summed E-state index contributed by atoms with van der Waals surface area (Å²) in [5, 5.41) is 9.16. The van der Waals surface area contributed by atoms with Gasteiger partial charge in [0.05, 0.1) is 11.4 Å².